The number of pyridine rings is 1. The van der Waals surface area contributed by atoms with Gasteiger partial charge in [0, 0.05) is 18.8 Å². The highest BCUT2D eigenvalue weighted by Gasteiger charge is 2.22. The van der Waals surface area contributed by atoms with Crippen LogP contribution in [0.2, 0.25) is 0 Å². The number of rotatable bonds is 6. The van der Waals surface area contributed by atoms with Gasteiger partial charge >= 0.3 is 0 Å². The number of aryl methyl sites for hydroxylation is 2. The summed E-state index contributed by atoms with van der Waals surface area (Å²) in [5.74, 6) is -0.132. The largest absolute Gasteiger partial charge is 0.342 e. The van der Waals surface area contributed by atoms with Gasteiger partial charge in [0.15, 0.2) is 0 Å². The second-order valence-electron chi connectivity index (χ2n) is 6.18. The van der Waals surface area contributed by atoms with Crippen molar-refractivity contribution in [3.63, 3.8) is 0 Å². The standard InChI is InChI=1S/C18H24N4O2/c1-5-11-22-15(23)9-8-14(21-22)18(24)20-16(12(2)3)17-13(4)7-6-10-19-17/h6-10,12,16H,5,11H2,1-4H3,(H,20,24)/t16-/m1/s1. The second-order valence-corrected chi connectivity index (χ2v) is 6.18. The van der Waals surface area contributed by atoms with E-state index in [4.69, 9.17) is 0 Å². The first kappa shape index (κ1) is 17.8. The van der Waals surface area contributed by atoms with Crippen LogP contribution in [0.25, 0.3) is 0 Å². The summed E-state index contributed by atoms with van der Waals surface area (Å²) < 4.78 is 1.32. The predicted molar refractivity (Wildman–Crippen MR) is 92.8 cm³/mol. The van der Waals surface area contributed by atoms with Crippen LogP contribution in [0, 0.1) is 12.8 Å². The Morgan fingerprint density at radius 3 is 2.67 bits per heavy atom. The molecule has 24 heavy (non-hydrogen) atoms. The van der Waals surface area contributed by atoms with E-state index < -0.39 is 0 Å². The number of carbonyl (C=O) groups excluding carboxylic acids is 1. The summed E-state index contributed by atoms with van der Waals surface area (Å²) >= 11 is 0. The number of amides is 1. The second kappa shape index (κ2) is 7.86. The van der Waals surface area contributed by atoms with E-state index in [-0.39, 0.29) is 29.1 Å². The van der Waals surface area contributed by atoms with Crippen molar-refractivity contribution >= 4 is 5.91 Å². The molecule has 1 atom stereocenters. The highest BCUT2D eigenvalue weighted by molar-refractivity contribution is 5.92. The smallest absolute Gasteiger partial charge is 0.272 e. The zero-order chi connectivity index (χ0) is 17.7. The van der Waals surface area contributed by atoms with Crippen molar-refractivity contribution in [1.29, 1.82) is 0 Å². The van der Waals surface area contributed by atoms with Crippen molar-refractivity contribution < 1.29 is 4.79 Å². The van der Waals surface area contributed by atoms with E-state index in [0.29, 0.717) is 6.54 Å². The minimum Gasteiger partial charge on any atom is -0.342 e. The molecule has 0 radical (unpaired) electrons. The fourth-order valence-electron chi connectivity index (χ4n) is 2.53. The van der Waals surface area contributed by atoms with Crippen molar-refractivity contribution in [1.82, 2.24) is 20.1 Å². The Bertz CT molecular complexity index is 768. The lowest BCUT2D eigenvalue weighted by atomic mass is 9.97. The Morgan fingerprint density at radius 1 is 1.29 bits per heavy atom. The summed E-state index contributed by atoms with van der Waals surface area (Å²) in [7, 11) is 0. The monoisotopic (exact) mass is 328 g/mol. The summed E-state index contributed by atoms with van der Waals surface area (Å²) in [5, 5.41) is 7.16. The third-order valence-electron chi connectivity index (χ3n) is 3.83. The van der Waals surface area contributed by atoms with Crippen molar-refractivity contribution in [2.45, 2.75) is 46.7 Å². The molecule has 1 N–H and O–H groups in total. The Kier molecular flexibility index (Phi) is 5.84. The molecule has 2 aromatic rings. The summed E-state index contributed by atoms with van der Waals surface area (Å²) in [6, 6.07) is 6.48. The third-order valence-corrected chi connectivity index (χ3v) is 3.83. The average Bonchev–Trinajstić information content (AvgIpc) is 2.55. The number of aromatic nitrogens is 3. The van der Waals surface area contributed by atoms with Crippen molar-refractivity contribution in [3.8, 4) is 0 Å². The van der Waals surface area contributed by atoms with Crippen LogP contribution >= 0.6 is 0 Å². The Labute approximate surface area is 141 Å². The summed E-state index contributed by atoms with van der Waals surface area (Å²) in [4.78, 5) is 28.8. The summed E-state index contributed by atoms with van der Waals surface area (Å²) in [5.41, 5.74) is 1.92. The van der Waals surface area contributed by atoms with E-state index in [2.05, 4.69) is 15.4 Å². The average molecular weight is 328 g/mol. The zero-order valence-corrected chi connectivity index (χ0v) is 14.6. The molecule has 0 aliphatic rings. The van der Waals surface area contributed by atoms with Gasteiger partial charge in [0.1, 0.15) is 5.69 Å². The van der Waals surface area contributed by atoms with Crippen molar-refractivity contribution in [2.75, 3.05) is 0 Å². The fourth-order valence-corrected chi connectivity index (χ4v) is 2.53. The Balaban J connectivity index is 2.27. The van der Waals surface area contributed by atoms with Crippen molar-refractivity contribution in [2.24, 2.45) is 5.92 Å². The number of nitrogens with one attached hydrogen (secondary N) is 1. The predicted octanol–water partition coefficient (Wildman–Crippen LogP) is 2.48. The molecule has 6 heteroatoms. The molecule has 0 spiro atoms. The zero-order valence-electron chi connectivity index (χ0n) is 14.6. The van der Waals surface area contributed by atoms with Gasteiger partial charge in [0.2, 0.25) is 0 Å². The van der Waals surface area contributed by atoms with E-state index in [1.165, 1.54) is 16.8 Å². The van der Waals surface area contributed by atoms with Gasteiger partial charge in [-0.15, -0.1) is 0 Å². The molecule has 6 nitrogen and oxygen atoms in total. The van der Waals surface area contributed by atoms with Crippen LogP contribution in [0.15, 0.2) is 35.3 Å². The van der Waals surface area contributed by atoms with Gasteiger partial charge in [-0.2, -0.15) is 5.10 Å². The van der Waals surface area contributed by atoms with E-state index in [0.717, 1.165) is 17.7 Å². The number of carbonyl (C=O) groups is 1. The highest BCUT2D eigenvalue weighted by atomic mass is 16.2. The lowest BCUT2D eigenvalue weighted by Gasteiger charge is -2.23. The van der Waals surface area contributed by atoms with Crippen molar-refractivity contribution in [3.05, 3.63) is 57.8 Å². The maximum Gasteiger partial charge on any atom is 0.272 e. The first-order chi connectivity index (χ1) is 11.4. The molecule has 0 saturated carbocycles. The van der Waals surface area contributed by atoms with E-state index in [1.807, 2.05) is 39.8 Å². The van der Waals surface area contributed by atoms with E-state index in [1.54, 1.807) is 6.20 Å². The third kappa shape index (κ3) is 4.07. The lowest BCUT2D eigenvalue weighted by molar-refractivity contribution is 0.0916. The van der Waals surface area contributed by atoms with Gasteiger partial charge in [-0.25, -0.2) is 4.68 Å². The van der Waals surface area contributed by atoms with E-state index in [9.17, 15) is 9.59 Å². The molecule has 128 valence electrons. The maximum absolute atomic E-state index is 12.6. The van der Waals surface area contributed by atoms with Crippen LogP contribution in [0.5, 0.6) is 0 Å². The van der Waals surface area contributed by atoms with Crippen LogP contribution in [0.1, 0.15) is 55.0 Å². The molecule has 0 aliphatic heterocycles. The quantitative estimate of drug-likeness (QED) is 0.884. The number of hydrogen-bond acceptors (Lipinski definition) is 4. The first-order valence-electron chi connectivity index (χ1n) is 8.24. The topological polar surface area (TPSA) is 76.9 Å². The highest BCUT2D eigenvalue weighted by Crippen LogP contribution is 2.22. The van der Waals surface area contributed by atoms with Crippen LogP contribution in [0.3, 0.4) is 0 Å². The Hall–Kier alpha value is -2.50. The SMILES string of the molecule is CCCn1nc(C(=O)N[C@@H](c2ncccc2C)C(C)C)ccc1=O. The summed E-state index contributed by atoms with van der Waals surface area (Å²) in [6.45, 7) is 8.49. The molecule has 0 aliphatic carbocycles. The van der Waals surface area contributed by atoms with E-state index >= 15 is 0 Å². The Morgan fingerprint density at radius 2 is 2.04 bits per heavy atom. The van der Waals surface area contributed by atoms with Gasteiger partial charge in [0.25, 0.3) is 11.5 Å². The van der Waals surface area contributed by atoms with Gasteiger partial charge < -0.3 is 5.32 Å². The molecule has 1 amide bonds. The molecule has 0 aromatic carbocycles. The van der Waals surface area contributed by atoms with Crippen LogP contribution < -0.4 is 10.9 Å². The molecule has 0 saturated heterocycles. The lowest BCUT2D eigenvalue weighted by Crippen LogP contribution is -2.35. The van der Waals surface area contributed by atoms with Gasteiger partial charge in [-0.3, -0.25) is 14.6 Å². The molecule has 2 aromatic heterocycles. The maximum atomic E-state index is 12.6. The molecular formula is C18H24N4O2. The van der Waals surface area contributed by atoms with Gasteiger partial charge in [-0.05, 0) is 37.0 Å². The van der Waals surface area contributed by atoms with Gasteiger partial charge in [-0.1, -0.05) is 26.8 Å². The fraction of sp³-hybridized carbons (Fsp3) is 0.444. The van der Waals surface area contributed by atoms with Crippen LogP contribution in [-0.2, 0) is 6.54 Å². The molecule has 2 rings (SSSR count). The minimum absolute atomic E-state index is 0.170. The van der Waals surface area contributed by atoms with Crippen LogP contribution in [0.4, 0.5) is 0 Å². The summed E-state index contributed by atoms with van der Waals surface area (Å²) in [6.07, 6.45) is 2.50. The van der Waals surface area contributed by atoms with Crippen LogP contribution in [-0.4, -0.2) is 20.7 Å². The normalized spacial score (nSPS) is 12.2. The number of nitrogens with zero attached hydrogens (tertiary/aromatic N) is 3. The number of hydrogen-bond donors (Lipinski definition) is 1. The minimum atomic E-state index is -0.302. The molecule has 2 heterocycles. The molecule has 0 fully saturated rings. The molecule has 0 unspecified atom stereocenters. The first-order valence-corrected chi connectivity index (χ1v) is 8.24. The molecule has 0 bridgehead atoms. The van der Waals surface area contributed by atoms with Gasteiger partial charge in [0.05, 0.1) is 11.7 Å². The molecular weight excluding hydrogens is 304 g/mol.